The number of amides is 1. The number of halogens is 2. The van der Waals surface area contributed by atoms with Gasteiger partial charge in [0.2, 0.25) is 0 Å². The van der Waals surface area contributed by atoms with Gasteiger partial charge in [-0.05, 0) is 48.7 Å². The van der Waals surface area contributed by atoms with E-state index in [2.05, 4.69) is 21.2 Å². The van der Waals surface area contributed by atoms with Crippen LogP contribution in [0.5, 0.6) is 0 Å². The van der Waals surface area contributed by atoms with Gasteiger partial charge < -0.3 is 5.32 Å². The Hall–Kier alpha value is -0.970. The van der Waals surface area contributed by atoms with Crippen LogP contribution >= 0.6 is 39.3 Å². The average Bonchev–Trinajstić information content (AvgIpc) is 2.42. The van der Waals surface area contributed by atoms with Crippen molar-refractivity contribution in [2.24, 2.45) is 0 Å². The third-order valence-corrected chi connectivity index (χ3v) is 4.09. The van der Waals surface area contributed by atoms with Gasteiger partial charge in [0.25, 0.3) is 5.91 Å². The minimum absolute atomic E-state index is 0.219. The van der Waals surface area contributed by atoms with E-state index in [-0.39, 0.29) is 5.91 Å². The van der Waals surface area contributed by atoms with E-state index in [1.165, 1.54) is 0 Å². The second-order valence-corrected chi connectivity index (χ2v) is 6.01. The number of hydrogen-bond donors (Lipinski definition) is 1. The highest BCUT2D eigenvalue weighted by atomic mass is 79.9. The van der Waals surface area contributed by atoms with Crippen LogP contribution in [0.3, 0.4) is 0 Å². The predicted molar refractivity (Wildman–Crippen MR) is 85.3 cm³/mol. The number of anilines is 1. The third-order valence-electron chi connectivity index (χ3n) is 2.52. The molecule has 0 fully saturated rings. The van der Waals surface area contributed by atoms with E-state index in [4.69, 9.17) is 11.6 Å². The van der Waals surface area contributed by atoms with Gasteiger partial charge in [0.1, 0.15) is 0 Å². The van der Waals surface area contributed by atoms with Crippen molar-refractivity contribution in [2.45, 2.75) is 4.90 Å². The molecule has 1 amide bonds. The summed E-state index contributed by atoms with van der Waals surface area (Å²) in [6.07, 6.45) is 2.01. The van der Waals surface area contributed by atoms with Crippen LogP contribution in [0.2, 0.25) is 5.02 Å². The van der Waals surface area contributed by atoms with Crippen molar-refractivity contribution >= 4 is 50.9 Å². The topological polar surface area (TPSA) is 29.1 Å². The fourth-order valence-corrected chi connectivity index (χ4v) is 2.52. The molecule has 0 aliphatic carbocycles. The molecule has 2 rings (SSSR count). The van der Waals surface area contributed by atoms with E-state index >= 15 is 0 Å². The molecule has 19 heavy (non-hydrogen) atoms. The summed E-state index contributed by atoms with van der Waals surface area (Å²) >= 11 is 11.0. The van der Waals surface area contributed by atoms with Crippen LogP contribution in [0.1, 0.15) is 10.4 Å². The fraction of sp³-hybridized carbons (Fsp3) is 0.0714. The van der Waals surface area contributed by atoms with Crippen molar-refractivity contribution in [2.75, 3.05) is 11.6 Å². The quantitative estimate of drug-likeness (QED) is 0.777. The van der Waals surface area contributed by atoms with Crippen LogP contribution in [0.4, 0.5) is 5.69 Å². The molecule has 0 aliphatic heterocycles. The van der Waals surface area contributed by atoms with Gasteiger partial charge in [0.15, 0.2) is 0 Å². The summed E-state index contributed by atoms with van der Waals surface area (Å²) in [6.45, 7) is 0. The lowest BCUT2D eigenvalue weighted by molar-refractivity contribution is 0.102. The van der Waals surface area contributed by atoms with E-state index in [0.717, 1.165) is 15.1 Å². The van der Waals surface area contributed by atoms with Gasteiger partial charge in [-0.25, -0.2) is 0 Å². The maximum Gasteiger partial charge on any atom is 0.257 e. The first-order valence-electron chi connectivity index (χ1n) is 5.50. The van der Waals surface area contributed by atoms with Crippen molar-refractivity contribution in [3.8, 4) is 0 Å². The molecule has 0 aromatic heterocycles. The SMILES string of the molecule is CSc1ccc(NC(=O)c2cc(Br)ccc2Cl)cc1. The van der Waals surface area contributed by atoms with Gasteiger partial charge >= 0.3 is 0 Å². The summed E-state index contributed by atoms with van der Waals surface area (Å²) < 4.78 is 0.819. The van der Waals surface area contributed by atoms with Crippen molar-refractivity contribution in [3.63, 3.8) is 0 Å². The van der Waals surface area contributed by atoms with Crippen LogP contribution < -0.4 is 5.32 Å². The summed E-state index contributed by atoms with van der Waals surface area (Å²) in [7, 11) is 0. The summed E-state index contributed by atoms with van der Waals surface area (Å²) in [5.74, 6) is -0.219. The van der Waals surface area contributed by atoms with Gasteiger partial charge in [-0.1, -0.05) is 27.5 Å². The highest BCUT2D eigenvalue weighted by Crippen LogP contribution is 2.23. The molecule has 0 unspecified atom stereocenters. The average molecular weight is 357 g/mol. The van der Waals surface area contributed by atoms with Crippen LogP contribution in [-0.4, -0.2) is 12.2 Å². The number of carbonyl (C=O) groups is 1. The Balaban J connectivity index is 2.18. The molecule has 2 aromatic rings. The molecule has 0 bridgehead atoms. The highest BCUT2D eigenvalue weighted by Gasteiger charge is 2.11. The monoisotopic (exact) mass is 355 g/mol. The van der Waals surface area contributed by atoms with Crippen LogP contribution in [0, 0.1) is 0 Å². The van der Waals surface area contributed by atoms with Crippen molar-refractivity contribution in [1.29, 1.82) is 0 Å². The Morgan fingerprint density at radius 2 is 1.89 bits per heavy atom. The number of hydrogen-bond acceptors (Lipinski definition) is 2. The summed E-state index contributed by atoms with van der Waals surface area (Å²) in [5.41, 5.74) is 1.20. The molecule has 2 nitrogen and oxygen atoms in total. The van der Waals surface area contributed by atoms with Crippen molar-refractivity contribution in [1.82, 2.24) is 0 Å². The third kappa shape index (κ3) is 3.75. The van der Waals surface area contributed by atoms with E-state index < -0.39 is 0 Å². The lowest BCUT2D eigenvalue weighted by Gasteiger charge is -2.07. The standard InChI is InChI=1S/C14H11BrClNOS/c1-19-11-5-3-10(4-6-11)17-14(18)12-8-9(15)2-7-13(12)16/h2-8H,1H3,(H,17,18). The lowest BCUT2D eigenvalue weighted by atomic mass is 10.2. The molecule has 0 saturated heterocycles. The normalized spacial score (nSPS) is 10.3. The number of carbonyl (C=O) groups excluding carboxylic acids is 1. The Morgan fingerprint density at radius 3 is 2.53 bits per heavy atom. The molecule has 0 saturated carbocycles. The summed E-state index contributed by atoms with van der Waals surface area (Å²) in [4.78, 5) is 13.3. The zero-order valence-electron chi connectivity index (χ0n) is 10.1. The molecule has 0 spiro atoms. The first-order chi connectivity index (χ1) is 9.10. The number of rotatable bonds is 3. The fourth-order valence-electron chi connectivity index (χ4n) is 1.54. The molecule has 98 valence electrons. The molecular formula is C14H11BrClNOS. The first-order valence-corrected chi connectivity index (χ1v) is 7.90. The molecule has 0 aliphatic rings. The van der Waals surface area contributed by atoms with Gasteiger partial charge in [0.05, 0.1) is 10.6 Å². The smallest absolute Gasteiger partial charge is 0.257 e. The Bertz CT molecular complexity index is 601. The summed E-state index contributed by atoms with van der Waals surface area (Å²) in [6, 6.07) is 12.9. The molecule has 0 heterocycles. The van der Waals surface area contributed by atoms with Crippen molar-refractivity contribution < 1.29 is 4.79 Å². The van der Waals surface area contributed by atoms with Crippen LogP contribution in [0.15, 0.2) is 51.8 Å². The van der Waals surface area contributed by atoms with E-state index in [1.54, 1.807) is 30.0 Å². The minimum Gasteiger partial charge on any atom is -0.322 e. The Labute approximate surface area is 129 Å². The molecule has 0 atom stereocenters. The molecule has 5 heteroatoms. The Morgan fingerprint density at radius 1 is 1.21 bits per heavy atom. The van der Waals surface area contributed by atoms with E-state index in [0.29, 0.717) is 10.6 Å². The second kappa shape index (κ2) is 6.46. The van der Waals surface area contributed by atoms with Crippen molar-refractivity contribution in [3.05, 3.63) is 57.5 Å². The van der Waals surface area contributed by atoms with E-state index in [9.17, 15) is 4.79 Å². The number of nitrogens with one attached hydrogen (secondary N) is 1. The molecule has 0 radical (unpaired) electrons. The zero-order chi connectivity index (χ0) is 13.8. The van der Waals surface area contributed by atoms with Crippen LogP contribution in [-0.2, 0) is 0 Å². The lowest BCUT2D eigenvalue weighted by Crippen LogP contribution is -2.12. The highest BCUT2D eigenvalue weighted by molar-refractivity contribution is 9.10. The van der Waals surface area contributed by atoms with E-state index in [1.807, 2.05) is 30.5 Å². The zero-order valence-corrected chi connectivity index (χ0v) is 13.3. The van der Waals surface area contributed by atoms with Gasteiger partial charge in [-0.2, -0.15) is 0 Å². The first kappa shape index (κ1) is 14.4. The minimum atomic E-state index is -0.219. The number of benzene rings is 2. The van der Waals surface area contributed by atoms with Crippen LogP contribution in [0.25, 0.3) is 0 Å². The predicted octanol–water partition coefficient (Wildman–Crippen LogP) is 5.08. The maximum atomic E-state index is 12.1. The molecule has 2 aromatic carbocycles. The van der Waals surface area contributed by atoms with Gasteiger partial charge in [-0.15, -0.1) is 11.8 Å². The summed E-state index contributed by atoms with van der Waals surface area (Å²) in [5, 5.41) is 3.26. The van der Waals surface area contributed by atoms with Gasteiger partial charge in [0, 0.05) is 15.1 Å². The second-order valence-electron chi connectivity index (χ2n) is 3.81. The maximum absolute atomic E-state index is 12.1. The molecular weight excluding hydrogens is 346 g/mol. The Kier molecular flexibility index (Phi) is 4.91. The molecule has 1 N–H and O–H groups in total. The van der Waals surface area contributed by atoms with Gasteiger partial charge in [-0.3, -0.25) is 4.79 Å². The largest absolute Gasteiger partial charge is 0.322 e. The number of thioether (sulfide) groups is 1.